The van der Waals surface area contributed by atoms with Crippen LogP contribution in [0.25, 0.3) is 0 Å². The zero-order chi connectivity index (χ0) is 15.5. The highest BCUT2D eigenvalue weighted by atomic mass is 35.5. The van der Waals surface area contributed by atoms with Gasteiger partial charge in [0, 0.05) is 23.7 Å². The highest BCUT2D eigenvalue weighted by molar-refractivity contribution is 6.31. The van der Waals surface area contributed by atoms with Crippen LogP contribution in [-0.2, 0) is 6.54 Å². The molecule has 1 heterocycles. The molecule has 0 unspecified atom stereocenters. The molecule has 1 fully saturated rings. The van der Waals surface area contributed by atoms with Crippen molar-refractivity contribution in [3.63, 3.8) is 0 Å². The SMILES string of the molecule is CCC1(CC)CCN(Cc2ccc(/C(N)=N/O)cc2Cl)C1. The maximum Gasteiger partial charge on any atom is 0.170 e. The first kappa shape index (κ1) is 16.1. The second-order valence-corrected chi connectivity index (χ2v) is 6.37. The molecule has 0 aromatic heterocycles. The van der Waals surface area contributed by atoms with Crippen LogP contribution in [0.3, 0.4) is 0 Å². The molecule has 0 aliphatic carbocycles. The van der Waals surface area contributed by atoms with Crippen LogP contribution in [0.5, 0.6) is 0 Å². The fourth-order valence-corrected chi connectivity index (χ4v) is 3.36. The number of rotatable bonds is 5. The van der Waals surface area contributed by atoms with E-state index in [9.17, 15) is 0 Å². The summed E-state index contributed by atoms with van der Waals surface area (Å²) in [6, 6.07) is 5.57. The topological polar surface area (TPSA) is 61.8 Å². The predicted molar refractivity (Wildman–Crippen MR) is 86.9 cm³/mol. The summed E-state index contributed by atoms with van der Waals surface area (Å²) in [6.45, 7) is 7.69. The minimum Gasteiger partial charge on any atom is -0.409 e. The quantitative estimate of drug-likeness (QED) is 0.379. The third-order valence-corrected chi connectivity index (χ3v) is 5.22. The molecule has 0 bridgehead atoms. The van der Waals surface area contributed by atoms with Gasteiger partial charge < -0.3 is 10.9 Å². The number of amidine groups is 1. The van der Waals surface area contributed by atoms with Crippen molar-refractivity contribution in [3.8, 4) is 0 Å². The van der Waals surface area contributed by atoms with Gasteiger partial charge in [0.1, 0.15) is 0 Å². The minimum atomic E-state index is 0.0839. The smallest absolute Gasteiger partial charge is 0.170 e. The Kier molecular flexibility index (Phi) is 5.12. The number of benzene rings is 1. The van der Waals surface area contributed by atoms with Gasteiger partial charge in [0.15, 0.2) is 5.84 Å². The summed E-state index contributed by atoms with van der Waals surface area (Å²) in [7, 11) is 0. The lowest BCUT2D eigenvalue weighted by atomic mass is 9.82. The number of hydrogen-bond donors (Lipinski definition) is 2. The number of nitrogens with zero attached hydrogens (tertiary/aromatic N) is 2. The Morgan fingerprint density at radius 3 is 2.67 bits per heavy atom. The Morgan fingerprint density at radius 1 is 1.43 bits per heavy atom. The molecule has 0 saturated carbocycles. The molecule has 4 nitrogen and oxygen atoms in total. The zero-order valence-electron chi connectivity index (χ0n) is 12.8. The molecule has 1 saturated heterocycles. The average Bonchev–Trinajstić information content (AvgIpc) is 2.92. The summed E-state index contributed by atoms with van der Waals surface area (Å²) >= 11 is 6.33. The van der Waals surface area contributed by atoms with Gasteiger partial charge in [-0.2, -0.15) is 0 Å². The normalized spacial score (nSPS) is 19.1. The Labute approximate surface area is 131 Å². The highest BCUT2D eigenvalue weighted by Crippen LogP contribution is 2.37. The maximum absolute atomic E-state index is 8.70. The summed E-state index contributed by atoms with van der Waals surface area (Å²) in [5.74, 6) is 0.0839. The second kappa shape index (κ2) is 6.67. The standard InChI is InChI=1S/C16H24ClN3O/c1-3-16(4-2)7-8-20(11-16)10-13-6-5-12(9-14(13)17)15(18)19-21/h5-6,9,21H,3-4,7-8,10-11H2,1-2H3,(H2,18,19). The minimum absolute atomic E-state index is 0.0839. The Bertz CT molecular complexity index is 526. The lowest BCUT2D eigenvalue weighted by molar-refractivity contribution is 0.236. The molecule has 0 atom stereocenters. The fraction of sp³-hybridized carbons (Fsp3) is 0.562. The molecular formula is C16H24ClN3O. The summed E-state index contributed by atoms with van der Waals surface area (Å²) < 4.78 is 0. The van der Waals surface area contributed by atoms with Crippen molar-refractivity contribution in [2.75, 3.05) is 13.1 Å². The molecule has 0 spiro atoms. The van der Waals surface area contributed by atoms with E-state index >= 15 is 0 Å². The fourth-order valence-electron chi connectivity index (χ4n) is 3.12. The number of halogens is 1. The van der Waals surface area contributed by atoms with Crippen LogP contribution >= 0.6 is 11.6 Å². The van der Waals surface area contributed by atoms with E-state index in [-0.39, 0.29) is 5.84 Å². The average molecular weight is 310 g/mol. The van der Waals surface area contributed by atoms with Gasteiger partial charge in [-0.15, -0.1) is 0 Å². The van der Waals surface area contributed by atoms with E-state index < -0.39 is 0 Å². The molecule has 0 radical (unpaired) electrons. The van der Waals surface area contributed by atoms with E-state index in [1.807, 2.05) is 12.1 Å². The van der Waals surface area contributed by atoms with Gasteiger partial charge in [0.2, 0.25) is 0 Å². The molecule has 5 heteroatoms. The summed E-state index contributed by atoms with van der Waals surface area (Å²) in [5.41, 5.74) is 7.79. The molecule has 2 rings (SSSR count). The van der Waals surface area contributed by atoms with Crippen LogP contribution in [0.15, 0.2) is 23.4 Å². The van der Waals surface area contributed by atoms with E-state index in [0.29, 0.717) is 16.0 Å². The first-order valence-electron chi connectivity index (χ1n) is 7.52. The van der Waals surface area contributed by atoms with E-state index in [1.165, 1.54) is 19.3 Å². The Balaban J connectivity index is 2.08. The number of hydrogen-bond acceptors (Lipinski definition) is 3. The molecule has 0 amide bonds. The van der Waals surface area contributed by atoms with Crippen LogP contribution in [0, 0.1) is 5.41 Å². The van der Waals surface area contributed by atoms with Crippen molar-refractivity contribution in [3.05, 3.63) is 34.3 Å². The van der Waals surface area contributed by atoms with Crippen molar-refractivity contribution in [1.82, 2.24) is 4.90 Å². The van der Waals surface area contributed by atoms with E-state index in [4.69, 9.17) is 22.5 Å². The zero-order valence-corrected chi connectivity index (χ0v) is 13.5. The van der Waals surface area contributed by atoms with E-state index in [1.54, 1.807) is 6.07 Å². The lowest BCUT2D eigenvalue weighted by Gasteiger charge is -2.26. The highest BCUT2D eigenvalue weighted by Gasteiger charge is 2.34. The molecule has 1 aliphatic rings. The number of oxime groups is 1. The van der Waals surface area contributed by atoms with Crippen molar-refractivity contribution < 1.29 is 5.21 Å². The van der Waals surface area contributed by atoms with Crippen LogP contribution < -0.4 is 5.73 Å². The van der Waals surface area contributed by atoms with Crippen LogP contribution in [0.4, 0.5) is 0 Å². The van der Waals surface area contributed by atoms with Gasteiger partial charge in [0.25, 0.3) is 0 Å². The summed E-state index contributed by atoms with van der Waals surface area (Å²) in [6.07, 6.45) is 3.73. The van der Waals surface area contributed by atoms with Crippen molar-refractivity contribution in [2.45, 2.75) is 39.7 Å². The Hall–Kier alpha value is -1.26. The van der Waals surface area contributed by atoms with Gasteiger partial charge in [-0.3, -0.25) is 4.90 Å². The first-order chi connectivity index (χ1) is 10.0. The number of nitrogens with two attached hydrogens (primary N) is 1. The third-order valence-electron chi connectivity index (χ3n) is 4.87. The molecule has 21 heavy (non-hydrogen) atoms. The molecule has 116 valence electrons. The molecule has 1 aromatic carbocycles. The summed E-state index contributed by atoms with van der Waals surface area (Å²) in [5, 5.41) is 12.4. The molecule has 3 N–H and O–H groups in total. The van der Waals surface area contributed by atoms with E-state index in [0.717, 1.165) is 25.2 Å². The van der Waals surface area contributed by atoms with Crippen LogP contribution in [0.2, 0.25) is 5.02 Å². The van der Waals surface area contributed by atoms with E-state index in [2.05, 4.69) is 23.9 Å². The predicted octanol–water partition coefficient (Wildman–Crippen LogP) is 3.45. The van der Waals surface area contributed by atoms with Crippen molar-refractivity contribution in [1.29, 1.82) is 0 Å². The summed E-state index contributed by atoms with van der Waals surface area (Å²) in [4.78, 5) is 2.47. The van der Waals surface area contributed by atoms with Crippen LogP contribution in [0.1, 0.15) is 44.2 Å². The number of likely N-dealkylation sites (tertiary alicyclic amines) is 1. The van der Waals surface area contributed by atoms with Crippen molar-refractivity contribution in [2.24, 2.45) is 16.3 Å². The van der Waals surface area contributed by atoms with Gasteiger partial charge in [-0.1, -0.05) is 42.7 Å². The van der Waals surface area contributed by atoms with Crippen LogP contribution in [-0.4, -0.2) is 29.0 Å². The molecule has 1 aliphatic heterocycles. The second-order valence-electron chi connectivity index (χ2n) is 5.96. The molecular weight excluding hydrogens is 286 g/mol. The monoisotopic (exact) mass is 309 g/mol. The molecule has 1 aromatic rings. The van der Waals surface area contributed by atoms with Gasteiger partial charge >= 0.3 is 0 Å². The third kappa shape index (κ3) is 3.50. The van der Waals surface area contributed by atoms with Gasteiger partial charge in [-0.05, 0) is 42.9 Å². The Morgan fingerprint density at radius 2 is 2.14 bits per heavy atom. The van der Waals surface area contributed by atoms with Crippen molar-refractivity contribution >= 4 is 17.4 Å². The first-order valence-corrected chi connectivity index (χ1v) is 7.90. The maximum atomic E-state index is 8.70. The van der Waals surface area contributed by atoms with Gasteiger partial charge in [0.05, 0.1) is 0 Å². The largest absolute Gasteiger partial charge is 0.409 e. The van der Waals surface area contributed by atoms with Gasteiger partial charge in [-0.25, -0.2) is 0 Å². The lowest BCUT2D eigenvalue weighted by Crippen LogP contribution is -2.26.